The Balaban J connectivity index is 1.87. The molecule has 1 aromatic carbocycles. The Hall–Kier alpha value is -2.69. The van der Waals surface area contributed by atoms with E-state index in [1.807, 2.05) is 25.9 Å². The van der Waals surface area contributed by atoms with Crippen molar-refractivity contribution in [2.75, 3.05) is 32.5 Å². The number of nitrogens with zero attached hydrogens (tertiary/aromatic N) is 2. The molecular formula is C23H31N5O4S. The quantitative estimate of drug-likeness (QED) is 0.460. The number of aromatic amines is 1. The zero-order valence-electron chi connectivity index (χ0n) is 19.5. The number of H-pyrrole nitrogens is 1. The number of benzene rings is 1. The number of aryl methyl sites for hydroxylation is 2. The van der Waals surface area contributed by atoms with Gasteiger partial charge in [0.15, 0.2) is 0 Å². The van der Waals surface area contributed by atoms with Crippen molar-refractivity contribution >= 4 is 26.6 Å². The lowest BCUT2D eigenvalue weighted by Gasteiger charge is -2.17. The van der Waals surface area contributed by atoms with Crippen molar-refractivity contribution in [2.45, 2.75) is 50.5 Å². The van der Waals surface area contributed by atoms with Gasteiger partial charge in [-0.15, -0.1) is 0 Å². The molecule has 0 spiro atoms. The maximum absolute atomic E-state index is 13.5. The van der Waals surface area contributed by atoms with E-state index in [9.17, 15) is 13.2 Å². The second-order valence-electron chi connectivity index (χ2n) is 8.98. The summed E-state index contributed by atoms with van der Waals surface area (Å²) in [5, 5.41) is 7.59. The van der Waals surface area contributed by atoms with Crippen molar-refractivity contribution in [1.29, 1.82) is 0 Å². The number of aromatic nitrogens is 2. The van der Waals surface area contributed by atoms with E-state index in [4.69, 9.17) is 4.52 Å². The number of anilines is 1. The van der Waals surface area contributed by atoms with Gasteiger partial charge >= 0.3 is 0 Å². The topological polar surface area (TPSA) is 120 Å². The summed E-state index contributed by atoms with van der Waals surface area (Å²) in [7, 11) is 0.0605. The van der Waals surface area contributed by atoms with E-state index in [0.717, 1.165) is 37.8 Å². The van der Waals surface area contributed by atoms with Gasteiger partial charge in [-0.1, -0.05) is 18.0 Å². The van der Waals surface area contributed by atoms with Crippen LogP contribution in [0.1, 0.15) is 37.1 Å². The molecule has 0 amide bonds. The number of nitrogens with one attached hydrogen (secondary N) is 3. The van der Waals surface area contributed by atoms with Gasteiger partial charge in [-0.05, 0) is 64.5 Å². The highest BCUT2D eigenvalue weighted by Gasteiger charge is 2.26. The van der Waals surface area contributed by atoms with Gasteiger partial charge in [0.1, 0.15) is 11.4 Å². The molecule has 1 saturated carbocycles. The Bertz CT molecular complexity index is 1300. The third-order valence-electron chi connectivity index (χ3n) is 6.09. The summed E-state index contributed by atoms with van der Waals surface area (Å²) < 4.78 is 35.2. The summed E-state index contributed by atoms with van der Waals surface area (Å²) in [5.74, 6) is 0.586. The largest absolute Gasteiger partial charge is 0.379 e. The first kappa shape index (κ1) is 23.5. The Morgan fingerprint density at radius 2 is 1.91 bits per heavy atom. The molecule has 33 heavy (non-hydrogen) atoms. The zero-order chi connectivity index (χ0) is 23.8. The van der Waals surface area contributed by atoms with Crippen LogP contribution in [-0.2, 0) is 10.0 Å². The summed E-state index contributed by atoms with van der Waals surface area (Å²) in [6, 6.07) is 4.98. The van der Waals surface area contributed by atoms with Gasteiger partial charge in [0, 0.05) is 30.1 Å². The van der Waals surface area contributed by atoms with Gasteiger partial charge < -0.3 is 19.7 Å². The van der Waals surface area contributed by atoms with E-state index in [1.165, 1.54) is 0 Å². The summed E-state index contributed by atoms with van der Waals surface area (Å²) in [5.41, 5.74) is 2.50. The predicted octanol–water partition coefficient (Wildman–Crippen LogP) is 2.99. The summed E-state index contributed by atoms with van der Waals surface area (Å²) >= 11 is 0. The molecule has 178 valence electrons. The van der Waals surface area contributed by atoms with Crippen LogP contribution >= 0.6 is 0 Å². The minimum Gasteiger partial charge on any atom is -0.379 e. The van der Waals surface area contributed by atoms with E-state index in [1.54, 1.807) is 25.1 Å². The van der Waals surface area contributed by atoms with Crippen molar-refractivity contribution in [3.8, 4) is 11.1 Å². The lowest BCUT2D eigenvalue weighted by Crippen LogP contribution is -2.33. The average molecular weight is 474 g/mol. The number of likely N-dealkylation sites (N-methyl/N-ethyl adjacent to an activating group) is 1. The van der Waals surface area contributed by atoms with Crippen molar-refractivity contribution in [3.05, 3.63) is 40.0 Å². The molecule has 0 unspecified atom stereocenters. The fourth-order valence-corrected chi connectivity index (χ4v) is 5.95. The van der Waals surface area contributed by atoms with Crippen LogP contribution in [-0.4, -0.2) is 56.7 Å². The highest BCUT2D eigenvalue weighted by molar-refractivity contribution is 7.89. The fraction of sp³-hybridized carbons (Fsp3) is 0.478. The van der Waals surface area contributed by atoms with E-state index < -0.39 is 10.0 Å². The maximum Gasteiger partial charge on any atom is 0.271 e. The molecule has 3 aromatic rings. The van der Waals surface area contributed by atoms with Gasteiger partial charge in [0.2, 0.25) is 10.0 Å². The highest BCUT2D eigenvalue weighted by Crippen LogP contribution is 2.34. The van der Waals surface area contributed by atoms with Crippen molar-refractivity contribution < 1.29 is 12.9 Å². The lowest BCUT2D eigenvalue weighted by atomic mass is 10.0. The monoisotopic (exact) mass is 473 g/mol. The standard InChI is InChI=1S/C23H31N5O4S/c1-14-22(15(2)32-26-14)16-11-19-18(13-20(23(29)25-19)24-9-10-28(3)4)21(12-16)33(30,31)27-17-7-5-6-8-17/h11-13,17,24,27H,5-10H2,1-4H3,(H,25,29). The normalized spacial score (nSPS) is 15.1. The van der Waals surface area contributed by atoms with Crippen LogP contribution in [0.2, 0.25) is 0 Å². The Labute approximate surface area is 193 Å². The summed E-state index contributed by atoms with van der Waals surface area (Å²) in [6.45, 7) is 4.88. The minimum atomic E-state index is -3.83. The van der Waals surface area contributed by atoms with Gasteiger partial charge in [0.25, 0.3) is 5.56 Å². The number of hydrogen-bond donors (Lipinski definition) is 3. The van der Waals surface area contributed by atoms with Gasteiger partial charge in [0.05, 0.1) is 16.1 Å². The van der Waals surface area contributed by atoms with Crippen LogP contribution in [0.15, 0.2) is 32.4 Å². The molecule has 9 nitrogen and oxygen atoms in total. The third kappa shape index (κ3) is 4.97. The molecule has 0 atom stereocenters. The fourth-order valence-electron chi connectivity index (χ4n) is 4.41. The second-order valence-corrected chi connectivity index (χ2v) is 10.7. The Morgan fingerprint density at radius 3 is 2.55 bits per heavy atom. The van der Waals surface area contributed by atoms with E-state index in [0.29, 0.717) is 40.2 Å². The van der Waals surface area contributed by atoms with Crippen molar-refractivity contribution in [1.82, 2.24) is 19.8 Å². The number of rotatable bonds is 8. The van der Waals surface area contributed by atoms with Crippen LogP contribution in [0.5, 0.6) is 0 Å². The van der Waals surface area contributed by atoms with Gasteiger partial charge in [-0.2, -0.15) is 0 Å². The zero-order valence-corrected chi connectivity index (χ0v) is 20.3. The number of pyridine rings is 1. The minimum absolute atomic E-state index is 0.0757. The molecule has 10 heteroatoms. The molecule has 0 aliphatic heterocycles. The third-order valence-corrected chi connectivity index (χ3v) is 7.65. The first-order valence-electron chi connectivity index (χ1n) is 11.2. The van der Waals surface area contributed by atoms with Crippen LogP contribution in [0, 0.1) is 13.8 Å². The molecule has 2 heterocycles. The van der Waals surface area contributed by atoms with E-state index in [-0.39, 0.29) is 16.5 Å². The molecule has 1 fully saturated rings. The Morgan fingerprint density at radius 1 is 1.18 bits per heavy atom. The molecule has 2 aromatic heterocycles. The molecule has 4 rings (SSSR count). The smallest absolute Gasteiger partial charge is 0.271 e. The van der Waals surface area contributed by atoms with Crippen LogP contribution in [0.3, 0.4) is 0 Å². The molecule has 1 aliphatic carbocycles. The van der Waals surface area contributed by atoms with Gasteiger partial charge in [-0.25, -0.2) is 13.1 Å². The van der Waals surface area contributed by atoms with Gasteiger partial charge in [-0.3, -0.25) is 4.79 Å². The van der Waals surface area contributed by atoms with Crippen molar-refractivity contribution in [2.24, 2.45) is 0 Å². The predicted molar refractivity (Wildman–Crippen MR) is 129 cm³/mol. The molecule has 0 bridgehead atoms. The maximum atomic E-state index is 13.5. The SMILES string of the molecule is Cc1noc(C)c1-c1cc(S(=O)(=O)NC2CCCC2)c2cc(NCCN(C)C)c(=O)[nH]c2c1. The number of fused-ring (bicyclic) bond motifs is 1. The van der Waals surface area contributed by atoms with E-state index in [2.05, 4.69) is 20.2 Å². The van der Waals surface area contributed by atoms with Crippen molar-refractivity contribution in [3.63, 3.8) is 0 Å². The lowest BCUT2D eigenvalue weighted by molar-refractivity contribution is 0.393. The average Bonchev–Trinajstić information content (AvgIpc) is 3.36. The van der Waals surface area contributed by atoms with E-state index >= 15 is 0 Å². The molecule has 0 radical (unpaired) electrons. The highest BCUT2D eigenvalue weighted by atomic mass is 32.2. The Kier molecular flexibility index (Phi) is 6.60. The van der Waals surface area contributed by atoms with Crippen LogP contribution in [0.4, 0.5) is 5.69 Å². The number of hydrogen-bond acceptors (Lipinski definition) is 7. The molecule has 0 saturated heterocycles. The van der Waals surface area contributed by atoms with Crippen LogP contribution in [0.25, 0.3) is 22.0 Å². The molecular weight excluding hydrogens is 442 g/mol. The van der Waals surface area contributed by atoms with Crippen LogP contribution < -0.4 is 15.6 Å². The summed E-state index contributed by atoms with van der Waals surface area (Å²) in [6.07, 6.45) is 3.68. The molecule has 1 aliphatic rings. The first-order valence-corrected chi connectivity index (χ1v) is 12.7. The molecule has 3 N–H and O–H groups in total. The second kappa shape index (κ2) is 9.28. The first-order chi connectivity index (χ1) is 15.7. The summed E-state index contributed by atoms with van der Waals surface area (Å²) in [4.78, 5) is 17.8. The number of sulfonamides is 1.